The standard InChI is InChI=1S/C30H40FN3O/c1-6-21(4)34-28(27-19-30(31,7-2)18-20(27)3)16-22(5)35-29-17-25(33)12-13-26(29)24-10-8-23(9-11-24)14-15-32/h8-13,16-17,20,27H,5-7,14-15,18-19,32-33H2,1-4H3/b28-16-,34-21?. The third kappa shape index (κ3) is 6.82. The van der Waals surface area contributed by atoms with E-state index >= 15 is 4.39 Å². The van der Waals surface area contributed by atoms with Gasteiger partial charge in [0.2, 0.25) is 0 Å². The maximum absolute atomic E-state index is 15.2. The second kappa shape index (κ2) is 11.7. The van der Waals surface area contributed by atoms with Gasteiger partial charge in [-0.2, -0.15) is 0 Å². The number of benzene rings is 2. The highest BCUT2D eigenvalue weighted by Crippen LogP contribution is 2.47. The molecule has 1 aliphatic rings. The average molecular weight is 478 g/mol. The van der Waals surface area contributed by atoms with E-state index in [1.807, 2.05) is 38.1 Å². The predicted octanol–water partition coefficient (Wildman–Crippen LogP) is 7.25. The van der Waals surface area contributed by atoms with Crippen LogP contribution in [0.4, 0.5) is 10.1 Å². The quantitative estimate of drug-likeness (QED) is 0.164. The van der Waals surface area contributed by atoms with Crippen molar-refractivity contribution in [1.29, 1.82) is 0 Å². The van der Waals surface area contributed by atoms with Gasteiger partial charge in [-0.1, -0.05) is 51.6 Å². The molecule has 0 spiro atoms. The Labute approximate surface area is 210 Å². The van der Waals surface area contributed by atoms with Crippen LogP contribution in [0.3, 0.4) is 0 Å². The van der Waals surface area contributed by atoms with E-state index in [2.05, 4.69) is 44.7 Å². The summed E-state index contributed by atoms with van der Waals surface area (Å²) >= 11 is 0. The van der Waals surface area contributed by atoms with Crippen LogP contribution >= 0.6 is 0 Å². The topological polar surface area (TPSA) is 73.6 Å². The summed E-state index contributed by atoms with van der Waals surface area (Å²) in [5.74, 6) is 1.31. The van der Waals surface area contributed by atoms with Gasteiger partial charge in [-0.25, -0.2) is 4.39 Å². The molecule has 4 N–H and O–H groups in total. The third-order valence-electron chi connectivity index (χ3n) is 7.06. The summed E-state index contributed by atoms with van der Waals surface area (Å²) in [7, 11) is 0. The molecular weight excluding hydrogens is 437 g/mol. The maximum Gasteiger partial charge on any atom is 0.137 e. The van der Waals surface area contributed by atoms with Gasteiger partial charge in [0.05, 0.1) is 0 Å². The molecule has 35 heavy (non-hydrogen) atoms. The van der Waals surface area contributed by atoms with Crippen molar-refractivity contribution < 1.29 is 9.13 Å². The molecule has 0 bridgehead atoms. The predicted molar refractivity (Wildman–Crippen MR) is 146 cm³/mol. The molecule has 5 heteroatoms. The monoisotopic (exact) mass is 477 g/mol. The van der Waals surface area contributed by atoms with Crippen LogP contribution in [0, 0.1) is 11.8 Å². The molecule has 1 aliphatic carbocycles. The Kier molecular flexibility index (Phi) is 8.90. The van der Waals surface area contributed by atoms with Crippen LogP contribution in [-0.2, 0) is 6.42 Å². The molecule has 3 atom stereocenters. The molecule has 2 aromatic rings. The Balaban J connectivity index is 1.92. The van der Waals surface area contributed by atoms with Crippen molar-refractivity contribution in [3.8, 4) is 16.9 Å². The zero-order valence-corrected chi connectivity index (χ0v) is 21.6. The molecule has 3 unspecified atom stereocenters. The summed E-state index contributed by atoms with van der Waals surface area (Å²) < 4.78 is 21.5. The van der Waals surface area contributed by atoms with Crippen molar-refractivity contribution >= 4 is 11.4 Å². The fourth-order valence-corrected chi connectivity index (χ4v) is 4.82. The molecule has 0 aliphatic heterocycles. The molecule has 0 radical (unpaired) electrons. The van der Waals surface area contributed by atoms with Crippen LogP contribution in [0.5, 0.6) is 5.75 Å². The van der Waals surface area contributed by atoms with E-state index in [1.165, 1.54) is 5.56 Å². The fraction of sp³-hybridized carbons (Fsp3) is 0.433. The van der Waals surface area contributed by atoms with Crippen molar-refractivity contribution in [3.63, 3.8) is 0 Å². The molecule has 188 valence electrons. The first-order chi connectivity index (χ1) is 16.7. The van der Waals surface area contributed by atoms with Gasteiger partial charge in [0.15, 0.2) is 0 Å². The number of anilines is 1. The van der Waals surface area contributed by atoms with Crippen LogP contribution in [0.2, 0.25) is 0 Å². The Hall–Kier alpha value is -2.92. The number of nitrogen functional groups attached to an aromatic ring is 1. The fourth-order valence-electron chi connectivity index (χ4n) is 4.82. The number of hydrogen-bond donors (Lipinski definition) is 2. The summed E-state index contributed by atoms with van der Waals surface area (Å²) in [5.41, 5.74) is 16.2. The normalized spacial score (nSPS) is 22.9. The molecule has 0 heterocycles. The number of aliphatic imine (C=N–C) groups is 1. The second-order valence-electron chi connectivity index (χ2n) is 9.83. The van der Waals surface area contributed by atoms with Crippen molar-refractivity contribution in [1.82, 2.24) is 0 Å². The lowest BCUT2D eigenvalue weighted by Gasteiger charge is -2.19. The SMILES string of the molecule is C=C(/C=C(\N=C(C)CC)C1CC(F)(CC)CC1C)Oc1cc(N)ccc1-c1ccc(CCN)cc1. The summed E-state index contributed by atoms with van der Waals surface area (Å²) in [5, 5.41) is 0. The summed E-state index contributed by atoms with van der Waals surface area (Å²) in [4.78, 5) is 4.87. The van der Waals surface area contributed by atoms with Crippen LogP contribution in [0.1, 0.15) is 58.9 Å². The molecule has 0 amide bonds. The van der Waals surface area contributed by atoms with Gasteiger partial charge in [0.1, 0.15) is 17.2 Å². The van der Waals surface area contributed by atoms with Gasteiger partial charge >= 0.3 is 0 Å². The Bertz CT molecular complexity index is 1090. The minimum atomic E-state index is -1.14. The molecule has 0 saturated heterocycles. The van der Waals surface area contributed by atoms with Crippen LogP contribution in [0.25, 0.3) is 11.1 Å². The van der Waals surface area contributed by atoms with E-state index in [9.17, 15) is 0 Å². The van der Waals surface area contributed by atoms with Gasteiger partial charge < -0.3 is 16.2 Å². The van der Waals surface area contributed by atoms with Crippen molar-refractivity contribution in [3.05, 3.63) is 72.1 Å². The zero-order valence-electron chi connectivity index (χ0n) is 21.6. The molecule has 0 aromatic heterocycles. The number of nitrogens with zero attached hydrogens (tertiary/aromatic N) is 1. The van der Waals surface area contributed by atoms with Crippen LogP contribution < -0.4 is 16.2 Å². The molecular formula is C30H40FN3O. The molecule has 4 nitrogen and oxygen atoms in total. The van der Waals surface area contributed by atoms with E-state index in [0.717, 1.165) is 35.4 Å². The first-order valence-corrected chi connectivity index (χ1v) is 12.7. The van der Waals surface area contributed by atoms with E-state index < -0.39 is 5.67 Å². The second-order valence-corrected chi connectivity index (χ2v) is 9.83. The largest absolute Gasteiger partial charge is 0.457 e. The van der Waals surface area contributed by atoms with Gasteiger partial charge in [-0.05, 0) is 74.8 Å². The van der Waals surface area contributed by atoms with Gasteiger partial charge in [-0.3, -0.25) is 4.99 Å². The summed E-state index contributed by atoms with van der Waals surface area (Å²) in [6.45, 7) is 12.9. The zero-order chi connectivity index (χ0) is 25.6. The lowest BCUT2D eigenvalue weighted by Crippen LogP contribution is -2.17. The van der Waals surface area contributed by atoms with Crippen molar-refractivity contribution in [2.75, 3.05) is 12.3 Å². The van der Waals surface area contributed by atoms with E-state index in [1.54, 1.807) is 0 Å². The number of rotatable bonds is 10. The van der Waals surface area contributed by atoms with E-state index in [0.29, 0.717) is 43.0 Å². The minimum Gasteiger partial charge on any atom is -0.457 e. The molecule has 3 rings (SSSR count). The first kappa shape index (κ1) is 26.7. The van der Waals surface area contributed by atoms with Crippen molar-refractivity contribution in [2.24, 2.45) is 22.6 Å². The van der Waals surface area contributed by atoms with Gasteiger partial charge in [0, 0.05) is 40.7 Å². The summed E-state index contributed by atoms with van der Waals surface area (Å²) in [6, 6.07) is 13.9. The molecule has 1 saturated carbocycles. The first-order valence-electron chi connectivity index (χ1n) is 12.7. The number of halogens is 1. The van der Waals surface area contributed by atoms with Crippen LogP contribution in [-0.4, -0.2) is 17.9 Å². The number of hydrogen-bond acceptors (Lipinski definition) is 4. The van der Waals surface area contributed by atoms with Crippen LogP contribution in [0.15, 0.2) is 71.6 Å². The highest BCUT2D eigenvalue weighted by Gasteiger charge is 2.44. The van der Waals surface area contributed by atoms with Gasteiger partial charge in [0.25, 0.3) is 0 Å². The lowest BCUT2D eigenvalue weighted by atomic mass is 9.93. The van der Waals surface area contributed by atoms with Crippen molar-refractivity contribution in [2.45, 2.75) is 65.5 Å². The number of nitrogens with two attached hydrogens (primary N) is 2. The maximum atomic E-state index is 15.2. The third-order valence-corrected chi connectivity index (χ3v) is 7.06. The van der Waals surface area contributed by atoms with E-state index in [4.69, 9.17) is 21.2 Å². The van der Waals surface area contributed by atoms with E-state index in [-0.39, 0.29) is 11.8 Å². The Morgan fingerprint density at radius 3 is 2.51 bits per heavy atom. The minimum absolute atomic E-state index is 0.0252. The molecule has 1 fully saturated rings. The number of allylic oxidation sites excluding steroid dienone is 2. The molecule has 2 aromatic carbocycles. The highest BCUT2D eigenvalue weighted by molar-refractivity contribution is 5.82. The van der Waals surface area contributed by atoms with Gasteiger partial charge in [-0.15, -0.1) is 0 Å². The Morgan fingerprint density at radius 2 is 1.91 bits per heavy atom. The summed E-state index contributed by atoms with van der Waals surface area (Å²) in [6.07, 6.45) is 5.10. The average Bonchev–Trinajstić information content (AvgIpc) is 3.14. The lowest BCUT2D eigenvalue weighted by molar-refractivity contribution is 0.159. The number of ether oxygens (including phenoxy) is 1. The smallest absolute Gasteiger partial charge is 0.137 e. The Morgan fingerprint density at radius 1 is 1.20 bits per heavy atom. The highest BCUT2D eigenvalue weighted by atomic mass is 19.1. The number of alkyl halides is 1.